The van der Waals surface area contributed by atoms with Crippen molar-refractivity contribution >= 4 is 11.6 Å². The molecule has 0 aliphatic carbocycles. The Kier molecular flexibility index (Phi) is 1.88. The molecule has 0 unspecified atom stereocenters. The third kappa shape index (κ3) is 1.79. The Morgan fingerprint density at radius 3 is 2.46 bits per heavy atom. The molecule has 0 radical (unpaired) electrons. The number of benzene rings is 1. The molecule has 0 fully saturated rings. The van der Waals surface area contributed by atoms with Crippen LogP contribution in [0.15, 0.2) is 52.5 Å². The van der Waals surface area contributed by atoms with Crippen molar-refractivity contribution in [3.8, 4) is 0 Å². The van der Waals surface area contributed by atoms with Crippen molar-refractivity contribution in [1.29, 1.82) is 0 Å². The SMILES string of the molecule is O=C1C=C(Nc2ccccc2)N=N1. The summed E-state index contributed by atoms with van der Waals surface area (Å²) in [6, 6.07) is 9.49. The highest BCUT2D eigenvalue weighted by molar-refractivity contribution is 5.90. The first kappa shape index (κ1) is 7.67. The summed E-state index contributed by atoms with van der Waals surface area (Å²) in [6.07, 6.45) is 1.35. The van der Waals surface area contributed by atoms with Crippen LogP contribution in [0.1, 0.15) is 0 Å². The fourth-order valence-electron chi connectivity index (χ4n) is 1.01. The number of para-hydroxylation sites is 1. The van der Waals surface area contributed by atoms with Gasteiger partial charge in [-0.1, -0.05) is 18.2 Å². The number of hydrogen-bond donors (Lipinski definition) is 1. The second kappa shape index (κ2) is 3.18. The third-order valence-corrected chi connectivity index (χ3v) is 1.56. The van der Waals surface area contributed by atoms with Crippen molar-refractivity contribution in [2.45, 2.75) is 0 Å². The van der Waals surface area contributed by atoms with Gasteiger partial charge in [-0.25, -0.2) is 0 Å². The van der Waals surface area contributed by atoms with Crippen LogP contribution in [0.2, 0.25) is 0 Å². The zero-order valence-electron chi connectivity index (χ0n) is 6.77. The Bertz CT molecular complexity index is 381. The predicted octanol–water partition coefficient (Wildman–Crippen LogP) is 1.93. The smallest absolute Gasteiger partial charge is 0.292 e. The van der Waals surface area contributed by atoms with Gasteiger partial charge < -0.3 is 5.32 Å². The van der Waals surface area contributed by atoms with E-state index in [1.807, 2.05) is 30.3 Å². The maximum atomic E-state index is 10.7. The minimum absolute atomic E-state index is 0.321. The van der Waals surface area contributed by atoms with Gasteiger partial charge in [0.1, 0.15) is 0 Å². The van der Waals surface area contributed by atoms with Gasteiger partial charge in [-0.3, -0.25) is 4.79 Å². The summed E-state index contributed by atoms with van der Waals surface area (Å²) in [4.78, 5) is 10.7. The molecule has 1 aromatic rings. The van der Waals surface area contributed by atoms with E-state index < -0.39 is 0 Å². The van der Waals surface area contributed by atoms with Crippen LogP contribution in [0, 0.1) is 0 Å². The molecule has 0 bridgehead atoms. The van der Waals surface area contributed by atoms with E-state index in [9.17, 15) is 4.79 Å². The van der Waals surface area contributed by atoms with Crippen molar-refractivity contribution in [3.63, 3.8) is 0 Å². The van der Waals surface area contributed by atoms with E-state index in [1.54, 1.807) is 0 Å². The summed E-state index contributed by atoms with van der Waals surface area (Å²) in [5.41, 5.74) is 0.891. The molecule has 0 saturated carbocycles. The maximum absolute atomic E-state index is 10.7. The van der Waals surface area contributed by atoms with Gasteiger partial charge in [-0.2, -0.15) is 0 Å². The number of anilines is 1. The van der Waals surface area contributed by atoms with Crippen LogP contribution in [-0.4, -0.2) is 5.91 Å². The van der Waals surface area contributed by atoms with E-state index in [-0.39, 0.29) is 5.91 Å². The topological polar surface area (TPSA) is 53.8 Å². The van der Waals surface area contributed by atoms with E-state index in [0.29, 0.717) is 5.82 Å². The normalized spacial score (nSPS) is 14.5. The molecule has 2 rings (SSSR count). The van der Waals surface area contributed by atoms with Gasteiger partial charge >= 0.3 is 0 Å². The molecule has 4 nitrogen and oxygen atoms in total. The van der Waals surface area contributed by atoms with Gasteiger partial charge in [0, 0.05) is 5.69 Å². The van der Waals surface area contributed by atoms with Crippen LogP contribution >= 0.6 is 0 Å². The van der Waals surface area contributed by atoms with Gasteiger partial charge in [-0.15, -0.1) is 10.2 Å². The maximum Gasteiger partial charge on any atom is 0.292 e. The first-order valence-corrected chi connectivity index (χ1v) is 3.84. The number of azo groups is 1. The molecule has 0 spiro atoms. The predicted molar refractivity (Wildman–Crippen MR) is 48.0 cm³/mol. The van der Waals surface area contributed by atoms with Gasteiger partial charge in [0.25, 0.3) is 5.91 Å². The quantitative estimate of drug-likeness (QED) is 0.742. The summed E-state index contributed by atoms with van der Waals surface area (Å²) < 4.78 is 0. The molecule has 1 aliphatic heterocycles. The van der Waals surface area contributed by atoms with E-state index >= 15 is 0 Å². The van der Waals surface area contributed by atoms with Crippen LogP contribution in [0.5, 0.6) is 0 Å². The summed E-state index contributed by atoms with van der Waals surface area (Å²) in [6.45, 7) is 0. The standard InChI is InChI=1S/C9H7N3O/c13-9-6-8(11-12-9)10-7-4-2-1-3-5-7/h1-6,10H. The molecule has 0 atom stereocenters. The minimum atomic E-state index is -0.321. The number of carbonyl (C=O) groups is 1. The van der Waals surface area contributed by atoms with E-state index in [4.69, 9.17) is 0 Å². The molecule has 1 amide bonds. The second-order valence-electron chi connectivity index (χ2n) is 2.56. The Labute approximate surface area is 75.0 Å². The Morgan fingerprint density at radius 1 is 1.08 bits per heavy atom. The van der Waals surface area contributed by atoms with Crippen LogP contribution in [0.4, 0.5) is 5.69 Å². The van der Waals surface area contributed by atoms with Crippen molar-refractivity contribution in [2.75, 3.05) is 5.32 Å². The van der Waals surface area contributed by atoms with Crippen LogP contribution in [0.25, 0.3) is 0 Å². The highest BCUT2D eigenvalue weighted by Crippen LogP contribution is 2.12. The van der Waals surface area contributed by atoms with Gasteiger partial charge in [0.2, 0.25) is 0 Å². The van der Waals surface area contributed by atoms with Crippen LogP contribution in [-0.2, 0) is 4.79 Å². The first-order chi connectivity index (χ1) is 6.34. The van der Waals surface area contributed by atoms with E-state index in [0.717, 1.165) is 5.69 Å². The summed E-state index contributed by atoms with van der Waals surface area (Å²) >= 11 is 0. The molecule has 13 heavy (non-hydrogen) atoms. The zero-order valence-corrected chi connectivity index (χ0v) is 6.77. The summed E-state index contributed by atoms with van der Waals surface area (Å²) in [5, 5.41) is 9.93. The Balaban J connectivity index is 2.12. The number of carbonyl (C=O) groups excluding carboxylic acids is 1. The van der Waals surface area contributed by atoms with E-state index in [1.165, 1.54) is 6.08 Å². The number of rotatable bonds is 2. The second-order valence-corrected chi connectivity index (χ2v) is 2.56. The first-order valence-electron chi connectivity index (χ1n) is 3.84. The molecule has 4 heteroatoms. The zero-order chi connectivity index (χ0) is 9.10. The molecule has 1 N–H and O–H groups in total. The lowest BCUT2D eigenvalue weighted by atomic mass is 10.3. The molecule has 0 aromatic heterocycles. The molecular formula is C9H7N3O. The molecule has 1 aliphatic rings. The number of nitrogens with one attached hydrogen (secondary N) is 1. The third-order valence-electron chi connectivity index (χ3n) is 1.56. The lowest BCUT2D eigenvalue weighted by molar-refractivity contribution is -0.113. The summed E-state index contributed by atoms with van der Waals surface area (Å²) in [5.74, 6) is 0.162. The fourth-order valence-corrected chi connectivity index (χ4v) is 1.01. The number of amides is 1. The Morgan fingerprint density at radius 2 is 1.85 bits per heavy atom. The average molecular weight is 173 g/mol. The van der Waals surface area contributed by atoms with Gasteiger partial charge in [0.05, 0.1) is 6.08 Å². The van der Waals surface area contributed by atoms with Crippen LogP contribution in [0.3, 0.4) is 0 Å². The molecule has 1 heterocycles. The fraction of sp³-hybridized carbons (Fsp3) is 0. The van der Waals surface area contributed by atoms with Crippen molar-refractivity contribution in [1.82, 2.24) is 0 Å². The largest absolute Gasteiger partial charge is 0.339 e. The highest BCUT2D eigenvalue weighted by Gasteiger charge is 2.06. The molecule has 64 valence electrons. The van der Waals surface area contributed by atoms with Crippen molar-refractivity contribution < 1.29 is 4.79 Å². The molecule has 1 aromatic carbocycles. The summed E-state index contributed by atoms with van der Waals surface area (Å²) in [7, 11) is 0. The average Bonchev–Trinajstić information content (AvgIpc) is 2.53. The van der Waals surface area contributed by atoms with Gasteiger partial charge in [0.15, 0.2) is 5.82 Å². The Hall–Kier alpha value is -1.97. The lowest BCUT2D eigenvalue weighted by Gasteiger charge is -2.01. The van der Waals surface area contributed by atoms with Crippen molar-refractivity contribution in [3.05, 3.63) is 42.2 Å². The molecular weight excluding hydrogens is 166 g/mol. The molecule has 0 saturated heterocycles. The monoisotopic (exact) mass is 173 g/mol. The van der Waals surface area contributed by atoms with Gasteiger partial charge in [-0.05, 0) is 12.1 Å². The number of hydrogen-bond acceptors (Lipinski definition) is 3. The number of nitrogens with zero attached hydrogens (tertiary/aromatic N) is 2. The van der Waals surface area contributed by atoms with Crippen molar-refractivity contribution in [2.24, 2.45) is 10.2 Å². The van der Waals surface area contributed by atoms with Crippen LogP contribution < -0.4 is 5.32 Å². The minimum Gasteiger partial charge on any atom is -0.339 e. The lowest BCUT2D eigenvalue weighted by Crippen LogP contribution is -1.94. The highest BCUT2D eigenvalue weighted by atomic mass is 16.1. The van der Waals surface area contributed by atoms with E-state index in [2.05, 4.69) is 15.5 Å².